The summed E-state index contributed by atoms with van der Waals surface area (Å²) >= 11 is 0. The topological polar surface area (TPSA) is 87.0 Å². The Bertz CT molecular complexity index is 651. The summed E-state index contributed by atoms with van der Waals surface area (Å²) in [6.45, 7) is 6.85. The lowest BCUT2D eigenvalue weighted by Crippen LogP contribution is -2.62. The molecule has 5 nitrogen and oxygen atoms in total. The third kappa shape index (κ3) is 3.34. The van der Waals surface area contributed by atoms with Crippen LogP contribution < -0.4 is 0 Å². The average molecular weight is 423 g/mol. The van der Waals surface area contributed by atoms with Gasteiger partial charge in [-0.15, -0.1) is 0 Å². The monoisotopic (exact) mass is 422 g/mol. The van der Waals surface area contributed by atoms with E-state index in [4.69, 9.17) is 4.74 Å². The third-order valence-electron chi connectivity index (χ3n) is 10.6. The van der Waals surface area contributed by atoms with Crippen LogP contribution >= 0.6 is 0 Å². The molecule has 0 aromatic rings. The highest BCUT2D eigenvalue weighted by molar-refractivity contribution is 5.69. The molecule has 11 atom stereocenters. The van der Waals surface area contributed by atoms with Crippen LogP contribution in [0.2, 0.25) is 0 Å². The zero-order chi connectivity index (χ0) is 21.8. The first-order valence-electron chi connectivity index (χ1n) is 12.2. The van der Waals surface area contributed by atoms with Crippen molar-refractivity contribution in [2.45, 2.75) is 96.9 Å². The second-order valence-corrected chi connectivity index (χ2v) is 11.6. The summed E-state index contributed by atoms with van der Waals surface area (Å²) < 4.78 is 4.83. The highest BCUT2D eigenvalue weighted by atomic mass is 16.5. The first-order valence-corrected chi connectivity index (χ1v) is 12.2. The second-order valence-electron chi connectivity index (χ2n) is 11.6. The van der Waals surface area contributed by atoms with E-state index in [-0.39, 0.29) is 41.0 Å². The number of hydrogen-bond donors (Lipinski definition) is 3. The van der Waals surface area contributed by atoms with E-state index in [0.717, 1.165) is 51.4 Å². The first kappa shape index (κ1) is 22.5. The number of methoxy groups -OCH3 is 1. The molecule has 4 aliphatic rings. The van der Waals surface area contributed by atoms with Gasteiger partial charge in [0.1, 0.15) is 0 Å². The van der Waals surface area contributed by atoms with Crippen LogP contribution in [0.3, 0.4) is 0 Å². The van der Waals surface area contributed by atoms with Gasteiger partial charge < -0.3 is 20.1 Å². The Kier molecular flexibility index (Phi) is 6.04. The van der Waals surface area contributed by atoms with Crippen LogP contribution in [0.4, 0.5) is 0 Å². The van der Waals surface area contributed by atoms with Gasteiger partial charge in [-0.3, -0.25) is 4.79 Å². The molecule has 0 amide bonds. The molecular formula is C25H42O5. The molecular weight excluding hydrogens is 380 g/mol. The number of esters is 1. The summed E-state index contributed by atoms with van der Waals surface area (Å²) in [5.74, 6) is 1.81. The number of ether oxygens (including phenoxy) is 1. The Morgan fingerprint density at radius 3 is 2.50 bits per heavy atom. The predicted molar refractivity (Wildman–Crippen MR) is 114 cm³/mol. The highest BCUT2D eigenvalue weighted by Gasteiger charge is 2.65. The number of rotatable bonds is 4. The first-order chi connectivity index (χ1) is 14.1. The van der Waals surface area contributed by atoms with Crippen LogP contribution in [0.25, 0.3) is 0 Å². The van der Waals surface area contributed by atoms with Gasteiger partial charge in [0.2, 0.25) is 0 Å². The number of aliphatic hydroxyl groups is 3. The summed E-state index contributed by atoms with van der Waals surface area (Å²) in [6.07, 6.45) is 6.60. The molecule has 0 saturated heterocycles. The van der Waals surface area contributed by atoms with Crippen LogP contribution in [0.1, 0.15) is 78.6 Å². The van der Waals surface area contributed by atoms with Gasteiger partial charge in [0.25, 0.3) is 0 Å². The fourth-order valence-corrected chi connectivity index (χ4v) is 8.78. The van der Waals surface area contributed by atoms with Crippen LogP contribution in [-0.2, 0) is 9.53 Å². The van der Waals surface area contributed by atoms with Crippen molar-refractivity contribution in [1.29, 1.82) is 0 Å². The Labute approximate surface area is 181 Å². The molecule has 4 fully saturated rings. The molecule has 0 unspecified atom stereocenters. The molecule has 5 heteroatoms. The lowest BCUT2D eigenvalue weighted by Gasteiger charge is -2.63. The van der Waals surface area contributed by atoms with Crippen molar-refractivity contribution in [3.8, 4) is 0 Å². The van der Waals surface area contributed by atoms with E-state index >= 15 is 0 Å². The van der Waals surface area contributed by atoms with E-state index < -0.39 is 0 Å². The molecule has 30 heavy (non-hydrogen) atoms. The maximum Gasteiger partial charge on any atom is 0.305 e. The molecule has 0 spiro atoms. The van der Waals surface area contributed by atoms with Gasteiger partial charge in [0.05, 0.1) is 25.4 Å². The second kappa shape index (κ2) is 8.04. The molecule has 0 bridgehead atoms. The van der Waals surface area contributed by atoms with Gasteiger partial charge in [-0.1, -0.05) is 20.8 Å². The molecule has 172 valence electrons. The van der Waals surface area contributed by atoms with E-state index in [1.165, 1.54) is 7.11 Å². The van der Waals surface area contributed by atoms with Gasteiger partial charge in [0.15, 0.2) is 0 Å². The Morgan fingerprint density at radius 1 is 1.07 bits per heavy atom. The lowest BCUT2D eigenvalue weighted by molar-refractivity contribution is -0.207. The average Bonchev–Trinajstić information content (AvgIpc) is 3.06. The molecule has 4 aliphatic carbocycles. The Hall–Kier alpha value is -0.650. The molecule has 0 aromatic heterocycles. The Morgan fingerprint density at radius 2 is 1.80 bits per heavy atom. The van der Waals surface area contributed by atoms with Crippen molar-refractivity contribution < 1.29 is 24.9 Å². The summed E-state index contributed by atoms with van der Waals surface area (Å²) in [4.78, 5) is 11.7. The van der Waals surface area contributed by atoms with E-state index in [1.807, 2.05) is 0 Å². The van der Waals surface area contributed by atoms with Crippen molar-refractivity contribution in [2.24, 2.45) is 46.3 Å². The zero-order valence-corrected chi connectivity index (χ0v) is 19.2. The fraction of sp³-hybridized carbons (Fsp3) is 0.960. The smallest absolute Gasteiger partial charge is 0.305 e. The molecule has 0 aliphatic heterocycles. The van der Waals surface area contributed by atoms with Crippen molar-refractivity contribution in [2.75, 3.05) is 7.11 Å². The van der Waals surface area contributed by atoms with E-state index in [9.17, 15) is 20.1 Å². The summed E-state index contributed by atoms with van der Waals surface area (Å²) in [5, 5.41) is 33.1. The number of carbonyl (C=O) groups excluding carboxylic acids is 1. The number of aliphatic hydroxyl groups excluding tert-OH is 3. The van der Waals surface area contributed by atoms with Crippen molar-refractivity contribution in [3.63, 3.8) is 0 Å². The van der Waals surface area contributed by atoms with Crippen LogP contribution in [0.15, 0.2) is 0 Å². The van der Waals surface area contributed by atoms with Crippen LogP contribution in [0, 0.1) is 46.3 Å². The standard InChI is InChI=1S/C25H42O5/c1-14(5-8-22(29)30-4)17-6-7-18-23-19(13-21(28)25(17,18)3)24(2)10-9-16(26)11-15(24)12-20(23)27/h14-21,23,26-28H,5-13H2,1-4H3/t14-,15+,16-,17+,18+,19+,20-,21+,23+,24+,25-/m1/s1. The SMILES string of the molecule is COC(=O)CC[C@@H](C)[C@@H]1CC[C@H]2[C@@H]3[C@H](O)C[C@@H]4C[C@H](O)CC[C@]4(C)[C@H]3C[C@H](O)[C@@]21C. The highest BCUT2D eigenvalue weighted by Crippen LogP contribution is 2.68. The van der Waals surface area contributed by atoms with Gasteiger partial charge in [-0.2, -0.15) is 0 Å². The van der Waals surface area contributed by atoms with Crippen LogP contribution in [-0.4, -0.2) is 46.7 Å². The number of carbonyl (C=O) groups is 1. The summed E-state index contributed by atoms with van der Waals surface area (Å²) in [7, 11) is 1.44. The maximum absolute atomic E-state index is 11.7. The molecule has 0 radical (unpaired) electrons. The zero-order valence-electron chi connectivity index (χ0n) is 19.2. The minimum atomic E-state index is -0.369. The van der Waals surface area contributed by atoms with Crippen LogP contribution in [0.5, 0.6) is 0 Å². The minimum Gasteiger partial charge on any atom is -0.469 e. The predicted octanol–water partition coefficient (Wildman–Crippen LogP) is 3.54. The van der Waals surface area contributed by atoms with Gasteiger partial charge in [-0.05, 0) is 97.7 Å². The minimum absolute atomic E-state index is 0.111. The maximum atomic E-state index is 11.7. The van der Waals surface area contributed by atoms with Gasteiger partial charge in [-0.25, -0.2) is 0 Å². The van der Waals surface area contributed by atoms with Crippen molar-refractivity contribution in [1.82, 2.24) is 0 Å². The molecule has 0 aromatic carbocycles. The Balaban J connectivity index is 1.58. The molecule has 4 rings (SSSR count). The normalized spacial score (nSPS) is 51.4. The quantitative estimate of drug-likeness (QED) is 0.603. The van der Waals surface area contributed by atoms with Gasteiger partial charge >= 0.3 is 5.97 Å². The molecule has 3 N–H and O–H groups in total. The van der Waals surface area contributed by atoms with Crippen molar-refractivity contribution >= 4 is 5.97 Å². The number of fused-ring (bicyclic) bond motifs is 5. The summed E-state index contributed by atoms with van der Waals surface area (Å²) in [5.41, 5.74) is -0.0882. The van der Waals surface area contributed by atoms with E-state index in [1.54, 1.807) is 0 Å². The third-order valence-corrected chi connectivity index (χ3v) is 10.6. The van der Waals surface area contributed by atoms with E-state index in [2.05, 4.69) is 20.8 Å². The molecule has 0 heterocycles. The van der Waals surface area contributed by atoms with Gasteiger partial charge in [0, 0.05) is 6.42 Å². The van der Waals surface area contributed by atoms with Crippen molar-refractivity contribution in [3.05, 3.63) is 0 Å². The summed E-state index contributed by atoms with van der Waals surface area (Å²) in [6, 6.07) is 0. The largest absolute Gasteiger partial charge is 0.469 e. The molecule has 4 saturated carbocycles. The number of hydrogen-bond acceptors (Lipinski definition) is 5. The fourth-order valence-electron chi connectivity index (χ4n) is 8.78. The lowest BCUT2D eigenvalue weighted by atomic mass is 9.43. The van der Waals surface area contributed by atoms with E-state index in [0.29, 0.717) is 36.0 Å².